The molecule has 0 saturated heterocycles. The molecule has 3 heteroatoms. The molecule has 0 saturated carbocycles. The highest BCUT2D eigenvalue weighted by atomic mass is 35.5. The first-order valence-corrected chi connectivity index (χ1v) is 7.05. The standard InChI is InChI=1S/C13H20ClNS/c1-10(2)6-7-16-12-5-4-11(9-15-3)13(14)8-12/h4-5,8,10,15H,6-7,9H2,1-3H3. The molecular weight excluding hydrogens is 238 g/mol. The molecule has 0 fully saturated rings. The molecule has 0 atom stereocenters. The highest BCUT2D eigenvalue weighted by Gasteiger charge is 2.02. The van der Waals surface area contributed by atoms with Crippen LogP contribution in [0.5, 0.6) is 0 Å². The van der Waals surface area contributed by atoms with Gasteiger partial charge in [-0.25, -0.2) is 0 Å². The number of benzene rings is 1. The average Bonchev–Trinajstić information content (AvgIpc) is 2.21. The molecule has 0 aliphatic heterocycles. The van der Waals surface area contributed by atoms with E-state index in [4.69, 9.17) is 11.6 Å². The van der Waals surface area contributed by atoms with Crippen LogP contribution >= 0.6 is 23.4 Å². The molecule has 16 heavy (non-hydrogen) atoms. The van der Waals surface area contributed by atoms with Gasteiger partial charge in [0.25, 0.3) is 0 Å². The monoisotopic (exact) mass is 257 g/mol. The molecule has 0 heterocycles. The van der Waals surface area contributed by atoms with E-state index in [2.05, 4.69) is 37.4 Å². The fourth-order valence-electron chi connectivity index (χ4n) is 1.36. The molecule has 0 aliphatic rings. The highest BCUT2D eigenvalue weighted by molar-refractivity contribution is 7.99. The summed E-state index contributed by atoms with van der Waals surface area (Å²) in [6.45, 7) is 5.34. The van der Waals surface area contributed by atoms with Gasteiger partial charge in [0.1, 0.15) is 0 Å². The smallest absolute Gasteiger partial charge is 0.0462 e. The molecule has 0 aliphatic carbocycles. The Kier molecular flexibility index (Phi) is 6.25. The zero-order valence-electron chi connectivity index (χ0n) is 10.2. The fraction of sp³-hybridized carbons (Fsp3) is 0.538. The summed E-state index contributed by atoms with van der Waals surface area (Å²) in [5.41, 5.74) is 1.16. The molecule has 1 aromatic rings. The highest BCUT2D eigenvalue weighted by Crippen LogP contribution is 2.26. The Hall–Kier alpha value is -0.180. The molecule has 1 nitrogen and oxygen atoms in total. The van der Waals surface area contributed by atoms with Crippen molar-refractivity contribution in [2.75, 3.05) is 12.8 Å². The lowest BCUT2D eigenvalue weighted by Crippen LogP contribution is -2.05. The van der Waals surface area contributed by atoms with Crippen molar-refractivity contribution >= 4 is 23.4 Å². The molecule has 0 unspecified atom stereocenters. The van der Waals surface area contributed by atoms with Gasteiger partial charge in [0.15, 0.2) is 0 Å². The van der Waals surface area contributed by atoms with Crippen molar-refractivity contribution in [1.82, 2.24) is 5.32 Å². The van der Waals surface area contributed by atoms with Gasteiger partial charge in [-0.2, -0.15) is 0 Å². The van der Waals surface area contributed by atoms with Crippen molar-refractivity contribution in [2.45, 2.75) is 31.7 Å². The summed E-state index contributed by atoms with van der Waals surface area (Å²) in [5, 5.41) is 3.98. The second kappa shape index (κ2) is 7.21. The number of hydrogen-bond acceptors (Lipinski definition) is 2. The van der Waals surface area contributed by atoms with Gasteiger partial charge in [-0.05, 0) is 42.8 Å². The fourth-order valence-corrected chi connectivity index (χ4v) is 2.87. The molecule has 1 rings (SSSR count). The Bertz CT molecular complexity index is 326. The first-order chi connectivity index (χ1) is 7.63. The summed E-state index contributed by atoms with van der Waals surface area (Å²) in [5.74, 6) is 1.94. The van der Waals surface area contributed by atoms with Crippen molar-refractivity contribution in [2.24, 2.45) is 5.92 Å². The van der Waals surface area contributed by atoms with Gasteiger partial charge in [-0.3, -0.25) is 0 Å². The summed E-state index contributed by atoms with van der Waals surface area (Å²) >= 11 is 8.08. The molecule has 0 bridgehead atoms. The van der Waals surface area contributed by atoms with E-state index in [1.807, 2.05) is 18.8 Å². The van der Waals surface area contributed by atoms with Crippen LogP contribution in [0.2, 0.25) is 5.02 Å². The van der Waals surface area contributed by atoms with E-state index in [1.165, 1.54) is 17.1 Å². The summed E-state index contributed by atoms with van der Waals surface area (Å²) in [6.07, 6.45) is 1.25. The summed E-state index contributed by atoms with van der Waals surface area (Å²) < 4.78 is 0. The largest absolute Gasteiger partial charge is 0.316 e. The van der Waals surface area contributed by atoms with Crippen LogP contribution in [0.25, 0.3) is 0 Å². The van der Waals surface area contributed by atoms with Gasteiger partial charge in [-0.1, -0.05) is 31.5 Å². The Morgan fingerprint density at radius 3 is 2.69 bits per heavy atom. The van der Waals surface area contributed by atoms with E-state index in [-0.39, 0.29) is 0 Å². The number of rotatable bonds is 6. The minimum absolute atomic E-state index is 0.770. The normalized spacial score (nSPS) is 11.1. The SMILES string of the molecule is CNCc1ccc(SCCC(C)C)cc1Cl. The summed E-state index contributed by atoms with van der Waals surface area (Å²) in [7, 11) is 1.93. The Balaban J connectivity index is 2.52. The van der Waals surface area contributed by atoms with Gasteiger partial charge in [0.2, 0.25) is 0 Å². The third-order valence-corrected chi connectivity index (χ3v) is 3.73. The number of nitrogens with one attached hydrogen (secondary N) is 1. The lowest BCUT2D eigenvalue weighted by molar-refractivity contribution is 0.632. The zero-order chi connectivity index (χ0) is 12.0. The Morgan fingerprint density at radius 1 is 1.38 bits per heavy atom. The van der Waals surface area contributed by atoms with Crippen molar-refractivity contribution in [1.29, 1.82) is 0 Å². The van der Waals surface area contributed by atoms with Crippen LogP contribution in [0.3, 0.4) is 0 Å². The second-order valence-electron chi connectivity index (χ2n) is 4.31. The van der Waals surface area contributed by atoms with Crippen LogP contribution < -0.4 is 5.32 Å². The topological polar surface area (TPSA) is 12.0 Å². The van der Waals surface area contributed by atoms with Crippen molar-refractivity contribution in [3.63, 3.8) is 0 Å². The van der Waals surface area contributed by atoms with Gasteiger partial charge < -0.3 is 5.32 Å². The van der Waals surface area contributed by atoms with Crippen molar-refractivity contribution < 1.29 is 0 Å². The molecule has 1 aromatic carbocycles. The van der Waals surface area contributed by atoms with E-state index in [1.54, 1.807) is 0 Å². The quantitative estimate of drug-likeness (QED) is 0.767. The maximum atomic E-state index is 6.20. The van der Waals surface area contributed by atoms with Crippen molar-refractivity contribution in [3.05, 3.63) is 28.8 Å². The van der Waals surface area contributed by atoms with Gasteiger partial charge in [-0.15, -0.1) is 11.8 Å². The maximum absolute atomic E-state index is 6.20. The molecule has 0 amide bonds. The summed E-state index contributed by atoms with van der Waals surface area (Å²) in [4.78, 5) is 1.27. The van der Waals surface area contributed by atoms with Gasteiger partial charge in [0, 0.05) is 16.5 Å². The predicted octanol–water partition coefficient (Wildman–Crippen LogP) is 4.20. The van der Waals surface area contributed by atoms with Crippen LogP contribution in [0.4, 0.5) is 0 Å². The first-order valence-electron chi connectivity index (χ1n) is 5.69. The Labute approximate surface area is 108 Å². The van der Waals surface area contributed by atoms with E-state index in [9.17, 15) is 0 Å². The van der Waals surface area contributed by atoms with Crippen LogP contribution in [-0.2, 0) is 6.54 Å². The minimum atomic E-state index is 0.770. The number of thioether (sulfide) groups is 1. The maximum Gasteiger partial charge on any atom is 0.0462 e. The molecule has 90 valence electrons. The third-order valence-electron chi connectivity index (χ3n) is 2.36. The first kappa shape index (κ1) is 13.9. The van der Waals surface area contributed by atoms with Crippen LogP contribution in [-0.4, -0.2) is 12.8 Å². The number of hydrogen-bond donors (Lipinski definition) is 1. The molecule has 0 spiro atoms. The average molecular weight is 258 g/mol. The van der Waals surface area contributed by atoms with Crippen LogP contribution in [0.15, 0.2) is 23.1 Å². The molecule has 0 radical (unpaired) electrons. The van der Waals surface area contributed by atoms with E-state index >= 15 is 0 Å². The second-order valence-corrected chi connectivity index (χ2v) is 5.89. The van der Waals surface area contributed by atoms with Gasteiger partial charge in [0.05, 0.1) is 0 Å². The minimum Gasteiger partial charge on any atom is -0.316 e. The van der Waals surface area contributed by atoms with E-state index < -0.39 is 0 Å². The molecular formula is C13H20ClNS. The summed E-state index contributed by atoms with van der Waals surface area (Å²) in [6, 6.07) is 6.33. The molecule has 1 N–H and O–H groups in total. The predicted molar refractivity (Wildman–Crippen MR) is 74.4 cm³/mol. The van der Waals surface area contributed by atoms with Crippen LogP contribution in [0, 0.1) is 5.92 Å². The van der Waals surface area contributed by atoms with Crippen LogP contribution in [0.1, 0.15) is 25.8 Å². The zero-order valence-corrected chi connectivity index (χ0v) is 11.8. The third kappa shape index (κ3) is 4.77. The van der Waals surface area contributed by atoms with E-state index in [0.717, 1.165) is 23.0 Å². The van der Waals surface area contributed by atoms with Crippen molar-refractivity contribution in [3.8, 4) is 0 Å². The van der Waals surface area contributed by atoms with Gasteiger partial charge >= 0.3 is 0 Å². The lowest BCUT2D eigenvalue weighted by atomic mass is 10.2. The molecule has 0 aromatic heterocycles. The van der Waals surface area contributed by atoms with E-state index in [0.29, 0.717) is 0 Å². The Morgan fingerprint density at radius 2 is 2.12 bits per heavy atom. The number of halogens is 1. The lowest BCUT2D eigenvalue weighted by Gasteiger charge is -2.07.